The lowest BCUT2D eigenvalue weighted by atomic mass is 9.99. The van der Waals surface area contributed by atoms with Crippen LogP contribution < -0.4 is 15.4 Å². The Labute approximate surface area is 167 Å². The van der Waals surface area contributed by atoms with Crippen molar-refractivity contribution in [3.8, 4) is 5.75 Å². The van der Waals surface area contributed by atoms with Crippen molar-refractivity contribution in [3.63, 3.8) is 0 Å². The van der Waals surface area contributed by atoms with Crippen molar-refractivity contribution in [1.82, 2.24) is 5.32 Å². The molecule has 6 nitrogen and oxygen atoms in total. The zero-order chi connectivity index (χ0) is 20.9. The minimum absolute atomic E-state index is 0.134. The van der Waals surface area contributed by atoms with Crippen LogP contribution in [0.25, 0.3) is 0 Å². The third-order valence-electron chi connectivity index (χ3n) is 3.85. The maximum atomic E-state index is 12.2. The molecule has 2 amide bonds. The number of carbonyl (C=O) groups excluding carboxylic acids is 2. The van der Waals surface area contributed by atoms with Gasteiger partial charge in [0.1, 0.15) is 11.5 Å². The second-order valence-corrected chi connectivity index (χ2v) is 6.64. The van der Waals surface area contributed by atoms with Crippen molar-refractivity contribution in [1.29, 1.82) is 0 Å². The number of thiophene rings is 1. The van der Waals surface area contributed by atoms with Crippen LogP contribution in [0.4, 0.5) is 18.9 Å². The Morgan fingerprint density at radius 2 is 1.86 bits per heavy atom. The van der Waals surface area contributed by atoms with Crippen molar-refractivity contribution < 1.29 is 31.9 Å². The van der Waals surface area contributed by atoms with Crippen molar-refractivity contribution in [3.05, 3.63) is 70.8 Å². The first-order valence-corrected chi connectivity index (χ1v) is 9.26. The molecule has 1 unspecified atom stereocenters. The lowest BCUT2D eigenvalue weighted by molar-refractivity contribution is -0.274. The van der Waals surface area contributed by atoms with Gasteiger partial charge in [-0.1, -0.05) is 0 Å². The molecule has 0 aliphatic heterocycles. The van der Waals surface area contributed by atoms with Crippen LogP contribution in [0.5, 0.6) is 5.75 Å². The largest absolute Gasteiger partial charge is 0.573 e. The molecule has 3 aromatic rings. The Balaban J connectivity index is 1.57. The van der Waals surface area contributed by atoms with Gasteiger partial charge in [0.2, 0.25) is 0 Å². The number of nitrogens with one attached hydrogen (secondary N) is 2. The van der Waals surface area contributed by atoms with Gasteiger partial charge in [0, 0.05) is 12.2 Å². The van der Waals surface area contributed by atoms with Gasteiger partial charge in [0.25, 0.3) is 0 Å². The van der Waals surface area contributed by atoms with Gasteiger partial charge in [-0.05, 0) is 58.8 Å². The fourth-order valence-corrected chi connectivity index (χ4v) is 3.26. The Kier molecular flexibility index (Phi) is 6.23. The number of halogens is 3. The second kappa shape index (κ2) is 8.82. The minimum Gasteiger partial charge on any atom is -0.469 e. The summed E-state index contributed by atoms with van der Waals surface area (Å²) in [4.78, 5) is 24.2. The maximum Gasteiger partial charge on any atom is 0.573 e. The second-order valence-electron chi connectivity index (χ2n) is 5.86. The van der Waals surface area contributed by atoms with Gasteiger partial charge in [-0.2, -0.15) is 11.3 Å². The van der Waals surface area contributed by atoms with E-state index in [0.29, 0.717) is 5.76 Å². The first-order valence-electron chi connectivity index (χ1n) is 8.32. The predicted octanol–water partition coefficient (Wildman–Crippen LogP) is 4.13. The zero-order valence-electron chi connectivity index (χ0n) is 14.7. The lowest BCUT2D eigenvalue weighted by Crippen LogP contribution is -2.37. The van der Waals surface area contributed by atoms with Crippen molar-refractivity contribution in [2.24, 2.45) is 0 Å². The highest BCUT2D eigenvalue weighted by atomic mass is 32.1. The van der Waals surface area contributed by atoms with Crippen molar-refractivity contribution >= 4 is 28.8 Å². The van der Waals surface area contributed by atoms with E-state index >= 15 is 0 Å². The SMILES string of the molecule is O=C(NCC(c1ccsc1)c1ccco1)C(=O)Nc1ccc(OC(F)(F)F)cc1. The Bertz CT molecular complexity index is 905. The highest BCUT2D eigenvalue weighted by Gasteiger charge is 2.31. The molecule has 3 rings (SSSR count). The van der Waals surface area contributed by atoms with Gasteiger partial charge >= 0.3 is 18.2 Å². The molecule has 2 N–H and O–H groups in total. The Morgan fingerprint density at radius 3 is 2.45 bits per heavy atom. The van der Waals surface area contributed by atoms with Gasteiger partial charge < -0.3 is 19.8 Å². The number of ether oxygens (including phenoxy) is 1. The first-order chi connectivity index (χ1) is 13.8. The summed E-state index contributed by atoms with van der Waals surface area (Å²) in [6, 6.07) is 9.87. The maximum absolute atomic E-state index is 12.2. The molecule has 2 aromatic heterocycles. The van der Waals surface area contributed by atoms with E-state index in [9.17, 15) is 22.8 Å². The normalized spacial score (nSPS) is 12.2. The number of furan rings is 1. The van der Waals surface area contributed by atoms with Crippen LogP contribution in [0.3, 0.4) is 0 Å². The quantitative estimate of drug-likeness (QED) is 0.584. The van der Waals surface area contributed by atoms with Gasteiger partial charge in [0.05, 0.1) is 12.2 Å². The number of hydrogen-bond acceptors (Lipinski definition) is 5. The average Bonchev–Trinajstić information content (AvgIpc) is 3.36. The molecule has 152 valence electrons. The van der Waals surface area contributed by atoms with Crippen molar-refractivity contribution in [2.45, 2.75) is 12.3 Å². The van der Waals surface area contributed by atoms with Crippen LogP contribution in [0.2, 0.25) is 0 Å². The fourth-order valence-electron chi connectivity index (χ4n) is 2.55. The third-order valence-corrected chi connectivity index (χ3v) is 4.55. The van der Waals surface area contributed by atoms with Crippen LogP contribution >= 0.6 is 11.3 Å². The summed E-state index contributed by atoms with van der Waals surface area (Å²) in [5.74, 6) is -1.88. The van der Waals surface area contributed by atoms with Crippen LogP contribution in [0.15, 0.2) is 63.9 Å². The van der Waals surface area contributed by atoms with E-state index in [1.165, 1.54) is 29.7 Å². The standard InChI is InChI=1S/C19H15F3N2O4S/c20-19(21,22)28-14-5-3-13(4-6-14)24-18(26)17(25)23-10-15(12-7-9-29-11-12)16-2-1-8-27-16/h1-9,11,15H,10H2,(H,23,25)(H,24,26). The van der Waals surface area contributed by atoms with Gasteiger partial charge in [-0.15, -0.1) is 13.2 Å². The van der Waals surface area contributed by atoms with Gasteiger partial charge in [0.15, 0.2) is 0 Å². The third kappa shape index (κ3) is 5.85. The van der Waals surface area contributed by atoms with Crippen LogP contribution in [-0.4, -0.2) is 24.7 Å². The molecule has 0 aliphatic carbocycles. The van der Waals surface area contributed by atoms with Gasteiger partial charge in [-0.25, -0.2) is 0 Å². The first kappa shape index (κ1) is 20.5. The number of hydrogen-bond donors (Lipinski definition) is 2. The van der Waals surface area contributed by atoms with E-state index in [1.54, 1.807) is 12.1 Å². The van der Waals surface area contributed by atoms with E-state index in [2.05, 4.69) is 15.4 Å². The van der Waals surface area contributed by atoms with Crippen LogP contribution in [-0.2, 0) is 9.59 Å². The molecule has 1 atom stereocenters. The molecule has 10 heteroatoms. The Hall–Kier alpha value is -3.27. The average molecular weight is 424 g/mol. The molecular weight excluding hydrogens is 409 g/mol. The summed E-state index contributed by atoms with van der Waals surface area (Å²) < 4.78 is 45.6. The van der Waals surface area contributed by atoms with Crippen LogP contribution in [0, 0.1) is 0 Å². The van der Waals surface area contributed by atoms with E-state index < -0.39 is 23.9 Å². The predicted molar refractivity (Wildman–Crippen MR) is 99.6 cm³/mol. The van der Waals surface area contributed by atoms with Crippen LogP contribution in [0.1, 0.15) is 17.2 Å². The lowest BCUT2D eigenvalue weighted by Gasteiger charge is -2.14. The molecule has 2 heterocycles. The summed E-state index contributed by atoms with van der Waals surface area (Å²) in [7, 11) is 0. The molecule has 29 heavy (non-hydrogen) atoms. The number of amides is 2. The van der Waals surface area contributed by atoms with E-state index in [-0.39, 0.29) is 18.2 Å². The van der Waals surface area contributed by atoms with Gasteiger partial charge in [-0.3, -0.25) is 9.59 Å². The molecule has 0 fully saturated rings. The monoisotopic (exact) mass is 424 g/mol. The summed E-state index contributed by atoms with van der Waals surface area (Å²) in [5.41, 5.74) is 1.09. The molecule has 0 saturated carbocycles. The summed E-state index contributed by atoms with van der Waals surface area (Å²) in [6.45, 7) is 0.134. The minimum atomic E-state index is -4.81. The number of benzene rings is 1. The smallest absolute Gasteiger partial charge is 0.469 e. The summed E-state index contributed by atoms with van der Waals surface area (Å²) in [6.07, 6.45) is -3.28. The highest BCUT2D eigenvalue weighted by molar-refractivity contribution is 7.08. The molecule has 0 aliphatic rings. The molecular formula is C19H15F3N2O4S. The number of carbonyl (C=O) groups is 2. The molecule has 0 spiro atoms. The molecule has 0 saturated heterocycles. The number of anilines is 1. The molecule has 1 aromatic carbocycles. The topological polar surface area (TPSA) is 80.6 Å². The van der Waals surface area contributed by atoms with E-state index in [4.69, 9.17) is 4.42 Å². The highest BCUT2D eigenvalue weighted by Crippen LogP contribution is 2.26. The van der Waals surface area contributed by atoms with E-state index in [1.807, 2.05) is 16.8 Å². The summed E-state index contributed by atoms with van der Waals surface area (Å²) in [5, 5.41) is 8.67. The molecule has 0 radical (unpaired) electrons. The fraction of sp³-hybridized carbons (Fsp3) is 0.158. The van der Waals surface area contributed by atoms with E-state index in [0.717, 1.165) is 17.7 Å². The number of alkyl halides is 3. The summed E-state index contributed by atoms with van der Waals surface area (Å²) >= 11 is 1.50. The van der Waals surface area contributed by atoms with Crippen molar-refractivity contribution in [2.75, 3.05) is 11.9 Å². The number of rotatable bonds is 6. The molecule has 0 bridgehead atoms. The Morgan fingerprint density at radius 1 is 1.10 bits per heavy atom. The zero-order valence-corrected chi connectivity index (χ0v) is 15.5.